The Hall–Kier alpha value is -1.91. The average molecular weight is 528 g/mol. The lowest BCUT2D eigenvalue weighted by Gasteiger charge is -2.42. The summed E-state index contributed by atoms with van der Waals surface area (Å²) in [5.41, 5.74) is -1.22. The maximum absolute atomic E-state index is 14.1. The van der Waals surface area contributed by atoms with Gasteiger partial charge in [0.1, 0.15) is 5.82 Å². The zero-order chi connectivity index (χ0) is 26.5. The summed E-state index contributed by atoms with van der Waals surface area (Å²) in [6, 6.07) is 2.94. The van der Waals surface area contributed by atoms with E-state index >= 15 is 0 Å². The Kier molecular flexibility index (Phi) is 7.21. The van der Waals surface area contributed by atoms with Crippen LogP contribution >= 0.6 is 0 Å². The van der Waals surface area contributed by atoms with E-state index in [9.17, 15) is 22.4 Å². The van der Waals surface area contributed by atoms with Crippen molar-refractivity contribution in [1.29, 1.82) is 0 Å². The van der Waals surface area contributed by atoms with E-state index in [0.717, 1.165) is 37.8 Å². The number of nitrogens with zero attached hydrogens (tertiary/aromatic N) is 2. The molecule has 6 atom stereocenters. The molecule has 1 aliphatic carbocycles. The predicted molar refractivity (Wildman–Crippen MR) is 131 cm³/mol. The van der Waals surface area contributed by atoms with Gasteiger partial charge in [0, 0.05) is 50.6 Å². The molecule has 206 valence electrons. The van der Waals surface area contributed by atoms with Crippen molar-refractivity contribution >= 4 is 11.6 Å². The summed E-state index contributed by atoms with van der Waals surface area (Å²) in [6.45, 7) is 6.36. The molecule has 37 heavy (non-hydrogen) atoms. The quantitative estimate of drug-likeness (QED) is 0.562. The zero-order valence-corrected chi connectivity index (χ0v) is 21.7. The van der Waals surface area contributed by atoms with Crippen LogP contribution in [0.4, 0.5) is 23.2 Å². The monoisotopic (exact) mass is 527 g/mol. The summed E-state index contributed by atoms with van der Waals surface area (Å²) in [5.74, 6) is -0.582. The van der Waals surface area contributed by atoms with Crippen LogP contribution in [0.2, 0.25) is 0 Å². The molecule has 3 heterocycles. The number of fused-ring (bicyclic) bond motifs is 2. The molecule has 1 aromatic carbocycles. The van der Waals surface area contributed by atoms with Crippen LogP contribution in [0.5, 0.6) is 0 Å². The molecular weight excluding hydrogens is 490 g/mol. The summed E-state index contributed by atoms with van der Waals surface area (Å²) in [7, 11) is 1.70. The first-order valence-electron chi connectivity index (χ1n) is 13.3. The van der Waals surface area contributed by atoms with Gasteiger partial charge in [-0.1, -0.05) is 13.8 Å². The number of halogens is 4. The standard InChI is InChI=1S/C27H37F4N3O3/c1-16(2)26(6-4-19(12-26)32-23-5-7-37-15-24(23)36-3)25(35)34-14-21-11-22(34)13-33(21)20-9-17(27(29,30)31)8-18(28)10-20/h8-10,16,19,21-24,32H,4-7,11-15H2,1-3H3/t19-,21-,22+,23+,24-,26+/m1/s1. The van der Waals surface area contributed by atoms with Crippen molar-refractivity contribution in [2.75, 3.05) is 38.3 Å². The van der Waals surface area contributed by atoms with Gasteiger partial charge in [-0.3, -0.25) is 4.79 Å². The van der Waals surface area contributed by atoms with Gasteiger partial charge in [0.15, 0.2) is 0 Å². The Labute approximate surface area is 215 Å². The van der Waals surface area contributed by atoms with E-state index in [0.29, 0.717) is 38.8 Å². The number of ether oxygens (including phenoxy) is 2. The van der Waals surface area contributed by atoms with Crippen LogP contribution in [0.25, 0.3) is 0 Å². The minimum absolute atomic E-state index is 0.000476. The average Bonchev–Trinajstić information content (AvgIpc) is 3.58. The van der Waals surface area contributed by atoms with Gasteiger partial charge in [0.05, 0.1) is 29.7 Å². The Morgan fingerprint density at radius 3 is 2.62 bits per heavy atom. The summed E-state index contributed by atoms with van der Waals surface area (Å²) in [6.07, 6.45) is -0.570. The second-order valence-corrected chi connectivity index (χ2v) is 11.5. The molecule has 3 aliphatic heterocycles. The molecule has 0 spiro atoms. The smallest absolute Gasteiger partial charge is 0.379 e. The molecule has 1 aromatic rings. The molecule has 5 rings (SSSR count). The van der Waals surface area contributed by atoms with E-state index in [-0.39, 0.29) is 47.8 Å². The lowest BCUT2D eigenvalue weighted by atomic mass is 9.74. The fourth-order valence-electron chi connectivity index (χ4n) is 7.04. The second-order valence-electron chi connectivity index (χ2n) is 11.5. The van der Waals surface area contributed by atoms with Crippen LogP contribution in [0.3, 0.4) is 0 Å². The summed E-state index contributed by atoms with van der Waals surface area (Å²) in [5, 5.41) is 3.75. The third-order valence-electron chi connectivity index (χ3n) is 9.18. The summed E-state index contributed by atoms with van der Waals surface area (Å²) < 4.78 is 64.9. The number of alkyl halides is 3. The van der Waals surface area contributed by atoms with Crippen LogP contribution < -0.4 is 10.2 Å². The van der Waals surface area contributed by atoms with Crippen LogP contribution in [0.15, 0.2) is 18.2 Å². The molecule has 10 heteroatoms. The number of carbonyl (C=O) groups excluding carboxylic acids is 1. The number of nitrogens with one attached hydrogen (secondary N) is 1. The number of carbonyl (C=O) groups is 1. The fraction of sp³-hybridized carbons (Fsp3) is 0.741. The van der Waals surface area contributed by atoms with E-state index in [4.69, 9.17) is 9.47 Å². The van der Waals surface area contributed by atoms with E-state index in [1.807, 2.05) is 9.80 Å². The van der Waals surface area contributed by atoms with Crippen molar-refractivity contribution < 1.29 is 31.8 Å². The Morgan fingerprint density at radius 1 is 1.19 bits per heavy atom. The number of hydrogen-bond donors (Lipinski definition) is 1. The van der Waals surface area contributed by atoms with Crippen molar-refractivity contribution in [2.45, 2.75) is 82.4 Å². The number of benzene rings is 1. The predicted octanol–water partition coefficient (Wildman–Crippen LogP) is 4.22. The zero-order valence-electron chi connectivity index (χ0n) is 21.7. The lowest BCUT2D eigenvalue weighted by molar-refractivity contribution is -0.146. The van der Waals surface area contributed by atoms with Crippen LogP contribution in [-0.2, 0) is 20.4 Å². The third kappa shape index (κ3) is 4.96. The van der Waals surface area contributed by atoms with Gasteiger partial charge in [0.25, 0.3) is 0 Å². The first-order valence-corrected chi connectivity index (χ1v) is 13.3. The van der Waals surface area contributed by atoms with Crippen molar-refractivity contribution in [1.82, 2.24) is 10.2 Å². The number of methoxy groups -OCH3 is 1. The normalized spacial score (nSPS) is 34.1. The van der Waals surface area contributed by atoms with Gasteiger partial charge in [0.2, 0.25) is 5.91 Å². The van der Waals surface area contributed by atoms with E-state index in [1.54, 1.807) is 7.11 Å². The number of hydrogen-bond acceptors (Lipinski definition) is 5. The molecule has 0 radical (unpaired) electrons. The highest BCUT2D eigenvalue weighted by Gasteiger charge is 2.54. The fourth-order valence-corrected chi connectivity index (χ4v) is 7.04. The van der Waals surface area contributed by atoms with Gasteiger partial charge in [-0.25, -0.2) is 4.39 Å². The molecule has 4 fully saturated rings. The molecule has 3 saturated heterocycles. The van der Waals surface area contributed by atoms with Gasteiger partial charge >= 0.3 is 6.18 Å². The summed E-state index contributed by atoms with van der Waals surface area (Å²) in [4.78, 5) is 17.9. The Morgan fingerprint density at radius 2 is 1.97 bits per heavy atom. The highest BCUT2D eigenvalue weighted by atomic mass is 19.4. The van der Waals surface area contributed by atoms with Gasteiger partial charge in [-0.15, -0.1) is 0 Å². The highest BCUT2D eigenvalue weighted by molar-refractivity contribution is 5.84. The largest absolute Gasteiger partial charge is 0.416 e. The minimum atomic E-state index is -4.61. The molecule has 1 saturated carbocycles. The topological polar surface area (TPSA) is 54.0 Å². The van der Waals surface area contributed by atoms with Crippen molar-refractivity contribution in [2.24, 2.45) is 11.3 Å². The van der Waals surface area contributed by atoms with E-state index in [2.05, 4.69) is 19.2 Å². The number of piperazine rings is 1. The molecule has 1 amide bonds. The minimum Gasteiger partial charge on any atom is -0.379 e. The number of rotatable bonds is 6. The number of anilines is 1. The molecule has 2 bridgehead atoms. The maximum atomic E-state index is 14.1. The molecule has 0 aromatic heterocycles. The van der Waals surface area contributed by atoms with Crippen LogP contribution in [0, 0.1) is 17.2 Å². The Balaban J connectivity index is 1.27. The maximum Gasteiger partial charge on any atom is 0.416 e. The third-order valence-corrected chi connectivity index (χ3v) is 9.18. The van der Waals surface area contributed by atoms with Crippen molar-refractivity contribution in [3.63, 3.8) is 0 Å². The first kappa shape index (κ1) is 26.7. The van der Waals surface area contributed by atoms with E-state index < -0.39 is 23.0 Å². The first-order chi connectivity index (χ1) is 17.5. The molecule has 6 nitrogen and oxygen atoms in total. The Bertz CT molecular complexity index is 1010. The van der Waals surface area contributed by atoms with Crippen LogP contribution in [0.1, 0.15) is 51.5 Å². The van der Waals surface area contributed by atoms with Crippen LogP contribution in [-0.4, -0.2) is 74.5 Å². The number of likely N-dealkylation sites (tertiary alicyclic amines) is 1. The van der Waals surface area contributed by atoms with Crippen molar-refractivity contribution in [3.8, 4) is 0 Å². The van der Waals surface area contributed by atoms with Gasteiger partial charge < -0.3 is 24.6 Å². The lowest BCUT2D eigenvalue weighted by Crippen LogP contribution is -2.55. The second kappa shape index (κ2) is 10.0. The SMILES string of the molecule is CO[C@@H]1COCC[C@@H]1N[C@@H]1CC[C@@](C(=O)N2C[C@H]3C[C@H]2CN3c2cc(F)cc(C(F)(F)F)c2)(C(C)C)C1. The molecular formula is C27H37F4N3O3. The molecule has 0 unspecified atom stereocenters. The van der Waals surface area contributed by atoms with Gasteiger partial charge in [-0.05, 0) is 56.2 Å². The van der Waals surface area contributed by atoms with E-state index in [1.165, 1.54) is 0 Å². The summed E-state index contributed by atoms with van der Waals surface area (Å²) >= 11 is 0. The van der Waals surface area contributed by atoms with Crippen molar-refractivity contribution in [3.05, 3.63) is 29.6 Å². The molecule has 1 N–H and O–H groups in total. The molecule has 4 aliphatic rings. The highest BCUT2D eigenvalue weighted by Crippen LogP contribution is 2.48. The van der Waals surface area contributed by atoms with Gasteiger partial charge in [-0.2, -0.15) is 13.2 Å². The number of amides is 1.